The van der Waals surface area contributed by atoms with Gasteiger partial charge in [0.1, 0.15) is 11.5 Å². The van der Waals surface area contributed by atoms with Gasteiger partial charge in [-0.25, -0.2) is 9.59 Å². The van der Waals surface area contributed by atoms with Crippen molar-refractivity contribution in [3.05, 3.63) is 53.5 Å². The van der Waals surface area contributed by atoms with Gasteiger partial charge in [-0.15, -0.1) is 0 Å². The van der Waals surface area contributed by atoms with Crippen LogP contribution in [0.1, 0.15) is 33.1 Å². The zero-order chi connectivity index (χ0) is 17.5. The summed E-state index contributed by atoms with van der Waals surface area (Å²) >= 11 is 0. The number of carbonyl (C=O) groups is 2. The van der Waals surface area contributed by atoms with Crippen molar-refractivity contribution in [1.29, 1.82) is 0 Å². The van der Waals surface area contributed by atoms with E-state index in [2.05, 4.69) is 0 Å². The molecule has 0 aliphatic carbocycles. The largest absolute Gasteiger partial charge is 0.494 e. The molecule has 0 radical (unpaired) electrons. The summed E-state index contributed by atoms with van der Waals surface area (Å²) in [6.45, 7) is 0.344. The third-order valence-corrected chi connectivity index (χ3v) is 4.41. The highest BCUT2D eigenvalue weighted by atomic mass is 32.2. The minimum atomic E-state index is -1.18. The van der Waals surface area contributed by atoms with Gasteiger partial charge in [0.15, 0.2) is 0 Å². The zero-order valence-electron chi connectivity index (χ0n) is 12.6. The standard InChI is InChI=1S/C16H16O7S/c17-15(18)11-2-4-12(5-3-11)22-8-1-9-24(21)10-13-6-7-14(23-13)16(19)20/h2-7H,1,8-10H2,(H,17,18)(H,19,20). The second-order valence-corrected chi connectivity index (χ2v) is 6.47. The minimum absolute atomic E-state index is 0.153. The second-order valence-electron chi connectivity index (χ2n) is 4.89. The lowest BCUT2D eigenvalue weighted by molar-refractivity contribution is 0.0658. The molecule has 1 unspecified atom stereocenters. The second kappa shape index (κ2) is 8.30. The molecule has 2 rings (SSSR count). The van der Waals surface area contributed by atoms with E-state index in [-0.39, 0.29) is 17.1 Å². The molecular weight excluding hydrogens is 336 g/mol. The molecule has 128 valence electrons. The topological polar surface area (TPSA) is 114 Å². The van der Waals surface area contributed by atoms with Gasteiger partial charge in [0.25, 0.3) is 0 Å². The molecular formula is C16H16O7S. The first-order valence-electron chi connectivity index (χ1n) is 7.09. The molecule has 0 aliphatic heterocycles. The fraction of sp³-hybridized carbons (Fsp3) is 0.250. The van der Waals surface area contributed by atoms with E-state index in [0.717, 1.165) is 0 Å². The molecule has 24 heavy (non-hydrogen) atoms. The fourth-order valence-corrected chi connectivity index (χ4v) is 2.96. The first kappa shape index (κ1) is 17.7. The number of carboxylic acid groups (broad SMARTS) is 2. The quantitative estimate of drug-likeness (QED) is 0.666. The highest BCUT2D eigenvalue weighted by Gasteiger charge is 2.11. The van der Waals surface area contributed by atoms with Crippen molar-refractivity contribution in [2.45, 2.75) is 12.2 Å². The van der Waals surface area contributed by atoms with Crippen molar-refractivity contribution < 1.29 is 33.2 Å². The first-order chi connectivity index (χ1) is 11.5. The number of hydrogen-bond donors (Lipinski definition) is 2. The SMILES string of the molecule is O=C(O)c1ccc(OCCCS(=O)Cc2ccc(C(=O)O)o2)cc1. The number of hydrogen-bond acceptors (Lipinski definition) is 5. The molecule has 0 bridgehead atoms. The van der Waals surface area contributed by atoms with Crippen molar-refractivity contribution in [3.8, 4) is 5.75 Å². The van der Waals surface area contributed by atoms with E-state index < -0.39 is 22.7 Å². The summed E-state index contributed by atoms with van der Waals surface area (Å²) < 4.78 is 22.4. The van der Waals surface area contributed by atoms with Crippen LogP contribution in [0.25, 0.3) is 0 Å². The van der Waals surface area contributed by atoms with E-state index in [1.807, 2.05) is 0 Å². The highest BCUT2D eigenvalue weighted by Crippen LogP contribution is 2.13. The van der Waals surface area contributed by atoms with Crippen molar-refractivity contribution in [3.63, 3.8) is 0 Å². The van der Waals surface area contributed by atoms with E-state index in [4.69, 9.17) is 19.4 Å². The summed E-state index contributed by atoms with van der Waals surface area (Å²) in [6, 6.07) is 8.87. The van der Waals surface area contributed by atoms with Gasteiger partial charge in [-0.3, -0.25) is 4.21 Å². The van der Waals surface area contributed by atoms with Crippen LogP contribution in [0.3, 0.4) is 0 Å². The lowest BCUT2D eigenvalue weighted by Crippen LogP contribution is -2.06. The molecule has 8 heteroatoms. The van der Waals surface area contributed by atoms with E-state index in [1.54, 1.807) is 12.1 Å². The maximum Gasteiger partial charge on any atom is 0.371 e. The van der Waals surface area contributed by atoms with Gasteiger partial charge in [0.05, 0.1) is 17.9 Å². The lowest BCUT2D eigenvalue weighted by atomic mass is 10.2. The summed E-state index contributed by atoms with van der Waals surface area (Å²) in [6.07, 6.45) is 0.541. The Labute approximate surface area is 140 Å². The molecule has 0 saturated heterocycles. The monoisotopic (exact) mass is 352 g/mol. The zero-order valence-corrected chi connectivity index (χ0v) is 13.5. The smallest absolute Gasteiger partial charge is 0.371 e. The number of aromatic carboxylic acids is 2. The molecule has 0 amide bonds. The van der Waals surface area contributed by atoms with Crippen LogP contribution in [-0.2, 0) is 16.6 Å². The van der Waals surface area contributed by atoms with E-state index >= 15 is 0 Å². The third-order valence-electron chi connectivity index (χ3n) is 3.06. The lowest BCUT2D eigenvalue weighted by Gasteiger charge is -2.06. The molecule has 0 fully saturated rings. The van der Waals surface area contributed by atoms with Crippen LogP contribution in [0, 0.1) is 0 Å². The van der Waals surface area contributed by atoms with Crippen LogP contribution in [-0.4, -0.2) is 38.7 Å². The average Bonchev–Trinajstić information content (AvgIpc) is 3.00. The Morgan fingerprint density at radius 3 is 2.33 bits per heavy atom. The Hall–Kier alpha value is -2.61. The highest BCUT2D eigenvalue weighted by molar-refractivity contribution is 7.84. The van der Waals surface area contributed by atoms with Crippen LogP contribution >= 0.6 is 0 Å². The summed E-state index contributed by atoms with van der Waals surface area (Å²) in [5, 5.41) is 17.5. The summed E-state index contributed by atoms with van der Waals surface area (Å²) in [7, 11) is -1.18. The Balaban J connectivity index is 1.70. The van der Waals surface area contributed by atoms with Crippen molar-refractivity contribution >= 4 is 22.7 Å². The molecule has 0 spiro atoms. The van der Waals surface area contributed by atoms with Gasteiger partial charge in [0.2, 0.25) is 5.76 Å². The molecule has 1 atom stereocenters. The first-order valence-corrected chi connectivity index (χ1v) is 8.57. The molecule has 0 saturated carbocycles. The maximum absolute atomic E-state index is 11.9. The predicted molar refractivity (Wildman–Crippen MR) is 85.9 cm³/mol. The molecule has 1 heterocycles. The molecule has 1 aromatic heterocycles. The summed E-state index contributed by atoms with van der Waals surface area (Å²) in [5.74, 6) is -0.874. The normalized spacial score (nSPS) is 11.8. The maximum atomic E-state index is 11.9. The fourth-order valence-electron chi connectivity index (χ4n) is 1.90. The van der Waals surface area contributed by atoms with Crippen LogP contribution in [0.15, 0.2) is 40.8 Å². The Morgan fingerprint density at radius 2 is 1.75 bits per heavy atom. The average molecular weight is 352 g/mol. The van der Waals surface area contributed by atoms with Crippen LogP contribution in [0.2, 0.25) is 0 Å². The van der Waals surface area contributed by atoms with Crippen LogP contribution in [0.5, 0.6) is 5.75 Å². The predicted octanol–water partition coefficient (Wildman–Crippen LogP) is 2.39. The van der Waals surface area contributed by atoms with Crippen LogP contribution < -0.4 is 4.74 Å². The molecule has 2 aromatic rings. The molecule has 1 aromatic carbocycles. The van der Waals surface area contributed by atoms with Gasteiger partial charge in [-0.05, 0) is 42.8 Å². The van der Waals surface area contributed by atoms with Gasteiger partial charge in [0, 0.05) is 16.6 Å². The van der Waals surface area contributed by atoms with Crippen LogP contribution in [0.4, 0.5) is 0 Å². The van der Waals surface area contributed by atoms with E-state index in [1.165, 1.54) is 24.3 Å². The van der Waals surface area contributed by atoms with E-state index in [9.17, 15) is 13.8 Å². The van der Waals surface area contributed by atoms with Crippen molar-refractivity contribution in [2.24, 2.45) is 0 Å². The number of furan rings is 1. The Morgan fingerprint density at radius 1 is 1.04 bits per heavy atom. The van der Waals surface area contributed by atoms with Gasteiger partial charge in [-0.2, -0.15) is 0 Å². The number of rotatable bonds is 9. The van der Waals surface area contributed by atoms with Crippen molar-refractivity contribution in [1.82, 2.24) is 0 Å². The molecule has 2 N–H and O–H groups in total. The Kier molecular flexibility index (Phi) is 6.14. The number of carboxylic acids is 2. The third kappa shape index (κ3) is 5.24. The van der Waals surface area contributed by atoms with Crippen molar-refractivity contribution in [2.75, 3.05) is 12.4 Å². The molecule has 7 nitrogen and oxygen atoms in total. The number of benzene rings is 1. The molecule has 0 aliphatic rings. The summed E-state index contributed by atoms with van der Waals surface area (Å²) in [5.41, 5.74) is 0.183. The van der Waals surface area contributed by atoms with Gasteiger partial charge >= 0.3 is 11.9 Å². The Bertz CT molecular complexity index is 733. The number of ether oxygens (including phenoxy) is 1. The summed E-state index contributed by atoms with van der Waals surface area (Å²) in [4.78, 5) is 21.4. The van der Waals surface area contributed by atoms with E-state index in [0.29, 0.717) is 30.3 Å². The van der Waals surface area contributed by atoms with Gasteiger partial charge < -0.3 is 19.4 Å². The minimum Gasteiger partial charge on any atom is -0.494 e. The van der Waals surface area contributed by atoms with Gasteiger partial charge in [-0.1, -0.05) is 0 Å².